The van der Waals surface area contributed by atoms with Crippen LogP contribution in [0.15, 0.2) is 6.07 Å². The van der Waals surface area contributed by atoms with Gasteiger partial charge >= 0.3 is 0 Å². The lowest BCUT2D eigenvalue weighted by Crippen LogP contribution is -2.45. The lowest BCUT2D eigenvalue weighted by molar-refractivity contribution is 0.0925. The molecular weight excluding hydrogens is 192 g/mol. The van der Waals surface area contributed by atoms with Gasteiger partial charge in [-0.05, 0) is 32.4 Å². The number of amides is 1. The lowest BCUT2D eigenvalue weighted by Gasteiger charge is -2.23. The van der Waals surface area contributed by atoms with Crippen LogP contribution in [0.1, 0.15) is 29.0 Å². The molecule has 0 bridgehead atoms. The lowest BCUT2D eigenvalue weighted by atomic mass is 10.1. The van der Waals surface area contributed by atoms with Gasteiger partial charge in [-0.1, -0.05) is 0 Å². The quantitative estimate of drug-likeness (QED) is 0.650. The van der Waals surface area contributed by atoms with Crippen LogP contribution in [0.2, 0.25) is 0 Å². The number of hydrogen-bond acceptors (Lipinski definition) is 3. The van der Waals surface area contributed by atoms with Crippen molar-refractivity contribution in [1.29, 1.82) is 0 Å². The van der Waals surface area contributed by atoms with E-state index < -0.39 is 0 Å². The van der Waals surface area contributed by atoms with E-state index in [1.165, 1.54) is 0 Å². The molecule has 1 atom stereocenters. The Morgan fingerprint density at radius 3 is 3.13 bits per heavy atom. The Bertz CT molecular complexity index is 341. The fourth-order valence-electron chi connectivity index (χ4n) is 1.77. The Hall–Kier alpha value is -1.36. The van der Waals surface area contributed by atoms with Crippen molar-refractivity contribution in [2.24, 2.45) is 0 Å². The van der Waals surface area contributed by atoms with Gasteiger partial charge in [0.1, 0.15) is 5.69 Å². The van der Waals surface area contributed by atoms with Crippen molar-refractivity contribution >= 4 is 5.91 Å². The normalized spacial score (nSPS) is 21.3. The summed E-state index contributed by atoms with van der Waals surface area (Å²) in [7, 11) is 0. The first-order chi connectivity index (χ1) is 7.25. The number of aromatic amines is 1. The molecule has 1 fully saturated rings. The van der Waals surface area contributed by atoms with Crippen LogP contribution in [0.4, 0.5) is 0 Å². The average Bonchev–Trinajstić information content (AvgIpc) is 2.66. The molecule has 1 aliphatic heterocycles. The molecule has 15 heavy (non-hydrogen) atoms. The van der Waals surface area contributed by atoms with Gasteiger partial charge in [0, 0.05) is 18.3 Å². The number of nitrogens with zero attached hydrogens (tertiary/aromatic N) is 1. The molecule has 1 aromatic rings. The zero-order chi connectivity index (χ0) is 10.7. The Labute approximate surface area is 88.6 Å². The highest BCUT2D eigenvalue weighted by molar-refractivity contribution is 5.92. The minimum atomic E-state index is -0.0898. The van der Waals surface area contributed by atoms with Crippen molar-refractivity contribution in [3.63, 3.8) is 0 Å². The Morgan fingerprint density at radius 2 is 2.53 bits per heavy atom. The van der Waals surface area contributed by atoms with Crippen LogP contribution in [-0.2, 0) is 0 Å². The second kappa shape index (κ2) is 4.44. The number of H-pyrrole nitrogens is 1. The van der Waals surface area contributed by atoms with Crippen LogP contribution in [0.3, 0.4) is 0 Å². The maximum atomic E-state index is 11.7. The highest BCUT2D eigenvalue weighted by Crippen LogP contribution is 2.03. The first kappa shape index (κ1) is 10.2. The number of carbonyl (C=O) groups is 1. The van der Waals surface area contributed by atoms with Gasteiger partial charge in [-0.2, -0.15) is 5.10 Å². The number of hydrogen-bond donors (Lipinski definition) is 3. The minimum Gasteiger partial charge on any atom is -0.347 e. The number of aryl methyl sites for hydroxylation is 1. The van der Waals surface area contributed by atoms with Crippen LogP contribution < -0.4 is 10.6 Å². The molecule has 3 N–H and O–H groups in total. The summed E-state index contributed by atoms with van der Waals surface area (Å²) in [5.41, 5.74) is 1.37. The van der Waals surface area contributed by atoms with Crippen LogP contribution in [0, 0.1) is 6.92 Å². The summed E-state index contributed by atoms with van der Waals surface area (Å²) in [5.74, 6) is -0.0898. The largest absolute Gasteiger partial charge is 0.347 e. The highest BCUT2D eigenvalue weighted by atomic mass is 16.2. The van der Waals surface area contributed by atoms with Crippen LogP contribution >= 0.6 is 0 Å². The molecule has 82 valence electrons. The predicted molar refractivity (Wildman–Crippen MR) is 56.7 cm³/mol. The molecule has 0 aliphatic carbocycles. The number of aromatic nitrogens is 2. The molecule has 1 unspecified atom stereocenters. The van der Waals surface area contributed by atoms with Gasteiger partial charge in [-0.25, -0.2) is 0 Å². The molecule has 5 nitrogen and oxygen atoms in total. The second-order valence-corrected chi connectivity index (χ2v) is 3.95. The van der Waals surface area contributed by atoms with Crippen molar-refractivity contribution in [3.8, 4) is 0 Å². The van der Waals surface area contributed by atoms with E-state index >= 15 is 0 Å². The molecule has 0 aromatic carbocycles. The summed E-state index contributed by atoms with van der Waals surface area (Å²) in [6.45, 7) is 3.79. The Morgan fingerprint density at radius 1 is 1.67 bits per heavy atom. The molecule has 5 heteroatoms. The van der Waals surface area contributed by atoms with E-state index in [0.717, 1.165) is 31.6 Å². The van der Waals surface area contributed by atoms with Crippen molar-refractivity contribution < 1.29 is 4.79 Å². The van der Waals surface area contributed by atoms with Gasteiger partial charge in [0.2, 0.25) is 0 Å². The monoisotopic (exact) mass is 208 g/mol. The predicted octanol–water partition coefficient (Wildman–Crippen LogP) is 0.200. The Kier molecular flexibility index (Phi) is 3.01. The standard InChI is InChI=1S/C10H16N4O/c1-7-5-9(14-13-7)10(15)12-8-3-2-4-11-6-8/h5,8,11H,2-4,6H2,1H3,(H,12,15)(H,13,14). The number of carbonyl (C=O) groups excluding carboxylic acids is 1. The number of nitrogens with one attached hydrogen (secondary N) is 3. The summed E-state index contributed by atoms with van der Waals surface area (Å²) in [5, 5.41) is 12.9. The maximum absolute atomic E-state index is 11.7. The molecule has 1 saturated heterocycles. The third-order valence-corrected chi connectivity index (χ3v) is 2.57. The van der Waals surface area contributed by atoms with Crippen molar-refractivity contribution in [1.82, 2.24) is 20.8 Å². The van der Waals surface area contributed by atoms with Crippen LogP contribution in [0.25, 0.3) is 0 Å². The van der Waals surface area contributed by atoms with Gasteiger partial charge in [-0.3, -0.25) is 9.89 Å². The average molecular weight is 208 g/mol. The summed E-state index contributed by atoms with van der Waals surface area (Å²) in [6.07, 6.45) is 2.16. The fraction of sp³-hybridized carbons (Fsp3) is 0.600. The Balaban J connectivity index is 1.91. The molecule has 1 amide bonds. The first-order valence-corrected chi connectivity index (χ1v) is 5.29. The molecule has 0 radical (unpaired) electrons. The van der Waals surface area contributed by atoms with Crippen molar-refractivity contribution in [2.45, 2.75) is 25.8 Å². The smallest absolute Gasteiger partial charge is 0.272 e. The van der Waals surface area contributed by atoms with Gasteiger partial charge in [0.15, 0.2) is 0 Å². The SMILES string of the molecule is Cc1cc(C(=O)NC2CCCNC2)n[nH]1. The molecule has 2 heterocycles. The summed E-state index contributed by atoms with van der Waals surface area (Å²) in [6, 6.07) is 1.99. The molecule has 0 spiro atoms. The zero-order valence-corrected chi connectivity index (χ0v) is 8.84. The summed E-state index contributed by atoms with van der Waals surface area (Å²) < 4.78 is 0. The van der Waals surface area contributed by atoms with E-state index in [0.29, 0.717) is 5.69 Å². The topological polar surface area (TPSA) is 69.8 Å². The van der Waals surface area contributed by atoms with E-state index in [1.807, 2.05) is 6.92 Å². The van der Waals surface area contributed by atoms with Gasteiger partial charge < -0.3 is 10.6 Å². The maximum Gasteiger partial charge on any atom is 0.272 e. The van der Waals surface area contributed by atoms with E-state index in [4.69, 9.17) is 0 Å². The number of piperidine rings is 1. The molecule has 0 saturated carbocycles. The molecule has 1 aliphatic rings. The van der Waals surface area contributed by atoms with E-state index in [-0.39, 0.29) is 11.9 Å². The second-order valence-electron chi connectivity index (χ2n) is 3.95. The third-order valence-electron chi connectivity index (χ3n) is 2.57. The summed E-state index contributed by atoms with van der Waals surface area (Å²) >= 11 is 0. The first-order valence-electron chi connectivity index (χ1n) is 5.29. The summed E-state index contributed by atoms with van der Waals surface area (Å²) in [4.78, 5) is 11.7. The molecular formula is C10H16N4O. The molecule has 1 aromatic heterocycles. The van der Waals surface area contributed by atoms with Gasteiger partial charge in [0.25, 0.3) is 5.91 Å². The highest BCUT2D eigenvalue weighted by Gasteiger charge is 2.17. The van der Waals surface area contributed by atoms with E-state index in [9.17, 15) is 4.79 Å². The van der Waals surface area contributed by atoms with Crippen LogP contribution in [-0.4, -0.2) is 35.2 Å². The van der Waals surface area contributed by atoms with Gasteiger partial charge in [0.05, 0.1) is 0 Å². The zero-order valence-electron chi connectivity index (χ0n) is 8.84. The van der Waals surface area contributed by atoms with E-state index in [2.05, 4.69) is 20.8 Å². The molecule has 2 rings (SSSR count). The van der Waals surface area contributed by atoms with Gasteiger partial charge in [-0.15, -0.1) is 0 Å². The number of rotatable bonds is 2. The van der Waals surface area contributed by atoms with E-state index in [1.54, 1.807) is 6.07 Å². The van der Waals surface area contributed by atoms with Crippen molar-refractivity contribution in [3.05, 3.63) is 17.5 Å². The minimum absolute atomic E-state index is 0.0898. The fourth-order valence-corrected chi connectivity index (χ4v) is 1.77. The van der Waals surface area contributed by atoms with Crippen LogP contribution in [0.5, 0.6) is 0 Å². The third kappa shape index (κ3) is 2.56. The van der Waals surface area contributed by atoms with Crippen molar-refractivity contribution in [2.75, 3.05) is 13.1 Å².